The Morgan fingerprint density at radius 3 is 2.31 bits per heavy atom. The molecule has 1 fully saturated rings. The van der Waals surface area contributed by atoms with Gasteiger partial charge in [-0.15, -0.1) is 0 Å². The molecule has 0 saturated carbocycles. The van der Waals surface area contributed by atoms with Gasteiger partial charge in [-0.2, -0.15) is 0 Å². The first-order valence-corrected chi connectivity index (χ1v) is 11.4. The molecule has 1 heterocycles. The molecule has 7 heteroatoms. The molecule has 3 rings (SSSR count). The van der Waals surface area contributed by atoms with Crippen molar-refractivity contribution in [3.05, 3.63) is 59.2 Å². The molecular formula is C22H27NO5S. The lowest BCUT2D eigenvalue weighted by Crippen LogP contribution is -2.43. The van der Waals surface area contributed by atoms with Crippen LogP contribution in [0.15, 0.2) is 42.5 Å². The van der Waals surface area contributed by atoms with E-state index < -0.39 is 9.84 Å². The minimum absolute atomic E-state index is 0.00170. The molecule has 0 aromatic heterocycles. The second kappa shape index (κ2) is 8.86. The van der Waals surface area contributed by atoms with Crippen molar-refractivity contribution in [3.63, 3.8) is 0 Å². The number of hydrogen-bond donors (Lipinski definition) is 0. The van der Waals surface area contributed by atoms with Crippen LogP contribution in [0.1, 0.15) is 23.1 Å². The Morgan fingerprint density at radius 1 is 1.10 bits per heavy atom. The molecule has 1 unspecified atom stereocenters. The summed E-state index contributed by atoms with van der Waals surface area (Å²) in [6.45, 7) is 4.08. The smallest absolute Gasteiger partial charge is 0.261 e. The molecule has 6 nitrogen and oxygen atoms in total. The summed E-state index contributed by atoms with van der Waals surface area (Å²) in [7, 11) is -1.52. The molecule has 2 aromatic rings. The molecule has 0 radical (unpaired) electrons. The molecular weight excluding hydrogens is 390 g/mol. The quantitative estimate of drug-likeness (QED) is 0.693. The SMILES string of the molecule is COc1ccc(CN(C(=O)COc2c(C)cccc2C)C2CCS(=O)(=O)C2)cc1. The van der Waals surface area contributed by atoms with E-state index in [0.29, 0.717) is 18.7 Å². The van der Waals surface area contributed by atoms with Crippen molar-refractivity contribution in [2.75, 3.05) is 25.2 Å². The molecule has 0 N–H and O–H groups in total. The minimum atomic E-state index is -3.11. The topological polar surface area (TPSA) is 72.9 Å². The standard InChI is InChI=1S/C22H27NO5S/c1-16-5-4-6-17(2)22(16)28-14-21(24)23(19-11-12-29(25,26)15-19)13-18-7-9-20(27-3)10-8-18/h4-10,19H,11-15H2,1-3H3. The first-order chi connectivity index (χ1) is 13.8. The van der Waals surface area contributed by atoms with Crippen LogP contribution < -0.4 is 9.47 Å². The van der Waals surface area contributed by atoms with E-state index in [-0.39, 0.29) is 30.1 Å². The van der Waals surface area contributed by atoms with Crippen LogP contribution in [-0.2, 0) is 21.2 Å². The fraction of sp³-hybridized carbons (Fsp3) is 0.409. The Morgan fingerprint density at radius 2 is 1.76 bits per heavy atom. The van der Waals surface area contributed by atoms with Gasteiger partial charge in [0.1, 0.15) is 11.5 Å². The Bertz CT molecular complexity index is 949. The third-order valence-electron chi connectivity index (χ3n) is 5.23. The van der Waals surface area contributed by atoms with Crippen molar-refractivity contribution in [2.24, 2.45) is 0 Å². The van der Waals surface area contributed by atoms with Crippen LogP contribution in [0.4, 0.5) is 0 Å². The summed E-state index contributed by atoms with van der Waals surface area (Å²) < 4.78 is 35.0. The lowest BCUT2D eigenvalue weighted by Gasteiger charge is -2.28. The number of carbonyl (C=O) groups is 1. The van der Waals surface area contributed by atoms with Gasteiger partial charge in [0.25, 0.3) is 5.91 Å². The van der Waals surface area contributed by atoms with E-state index in [4.69, 9.17) is 9.47 Å². The largest absolute Gasteiger partial charge is 0.497 e. The second-order valence-electron chi connectivity index (χ2n) is 7.44. The number of amides is 1. The van der Waals surface area contributed by atoms with Gasteiger partial charge in [-0.05, 0) is 49.1 Å². The zero-order valence-corrected chi connectivity index (χ0v) is 17.9. The van der Waals surface area contributed by atoms with Crippen LogP contribution >= 0.6 is 0 Å². The fourth-order valence-corrected chi connectivity index (χ4v) is 5.34. The first kappa shape index (κ1) is 21.2. The van der Waals surface area contributed by atoms with Gasteiger partial charge in [-0.1, -0.05) is 30.3 Å². The maximum atomic E-state index is 13.0. The number of methoxy groups -OCH3 is 1. The molecule has 1 aliphatic heterocycles. The average Bonchev–Trinajstić information content (AvgIpc) is 3.05. The van der Waals surface area contributed by atoms with E-state index in [1.165, 1.54) is 0 Å². The highest BCUT2D eigenvalue weighted by atomic mass is 32.2. The number of rotatable bonds is 7. The molecule has 156 valence electrons. The number of benzene rings is 2. The molecule has 0 aliphatic carbocycles. The van der Waals surface area contributed by atoms with E-state index in [0.717, 1.165) is 22.4 Å². The van der Waals surface area contributed by atoms with E-state index in [2.05, 4.69) is 0 Å². The summed E-state index contributed by atoms with van der Waals surface area (Å²) in [5.74, 6) is 1.32. The summed E-state index contributed by atoms with van der Waals surface area (Å²) in [6, 6.07) is 12.9. The first-order valence-electron chi connectivity index (χ1n) is 9.61. The maximum Gasteiger partial charge on any atom is 0.261 e. The predicted octanol–water partition coefficient (Wildman–Crippen LogP) is 2.91. The summed E-state index contributed by atoms with van der Waals surface area (Å²) >= 11 is 0. The lowest BCUT2D eigenvalue weighted by molar-refractivity contribution is -0.136. The molecule has 1 atom stereocenters. The third kappa shape index (κ3) is 5.29. The van der Waals surface area contributed by atoms with E-state index >= 15 is 0 Å². The zero-order chi connectivity index (χ0) is 21.0. The van der Waals surface area contributed by atoms with Crippen molar-refractivity contribution in [2.45, 2.75) is 32.9 Å². The van der Waals surface area contributed by atoms with Crippen LogP contribution in [-0.4, -0.2) is 50.5 Å². The van der Waals surface area contributed by atoms with Gasteiger partial charge in [0.2, 0.25) is 0 Å². The van der Waals surface area contributed by atoms with Crippen molar-refractivity contribution in [3.8, 4) is 11.5 Å². The van der Waals surface area contributed by atoms with E-state index in [1.807, 2.05) is 56.3 Å². The second-order valence-corrected chi connectivity index (χ2v) is 9.66. The number of aryl methyl sites for hydroxylation is 2. The molecule has 2 aromatic carbocycles. The lowest BCUT2D eigenvalue weighted by atomic mass is 10.1. The Labute approximate surface area is 172 Å². The zero-order valence-electron chi connectivity index (χ0n) is 17.1. The summed E-state index contributed by atoms with van der Waals surface area (Å²) in [4.78, 5) is 14.7. The average molecular weight is 418 g/mol. The number of ether oxygens (including phenoxy) is 2. The van der Waals surface area contributed by atoms with Crippen molar-refractivity contribution in [1.82, 2.24) is 4.90 Å². The number of carbonyl (C=O) groups excluding carboxylic acids is 1. The van der Waals surface area contributed by atoms with Gasteiger partial charge in [0.15, 0.2) is 16.4 Å². The normalized spacial score (nSPS) is 17.7. The van der Waals surface area contributed by atoms with E-state index in [9.17, 15) is 13.2 Å². The summed E-state index contributed by atoms with van der Waals surface area (Å²) in [6.07, 6.45) is 0.452. The number of sulfone groups is 1. The Hall–Kier alpha value is -2.54. The van der Waals surface area contributed by atoms with Crippen LogP contribution in [0, 0.1) is 13.8 Å². The van der Waals surface area contributed by atoms with Gasteiger partial charge >= 0.3 is 0 Å². The van der Waals surface area contributed by atoms with Gasteiger partial charge in [0.05, 0.1) is 18.6 Å². The van der Waals surface area contributed by atoms with Gasteiger partial charge in [-0.3, -0.25) is 4.79 Å². The van der Waals surface area contributed by atoms with Gasteiger partial charge in [0, 0.05) is 12.6 Å². The number of hydrogen-bond acceptors (Lipinski definition) is 5. The van der Waals surface area contributed by atoms with Crippen molar-refractivity contribution >= 4 is 15.7 Å². The van der Waals surface area contributed by atoms with Crippen LogP contribution in [0.25, 0.3) is 0 Å². The molecule has 0 bridgehead atoms. The summed E-state index contributed by atoms with van der Waals surface area (Å²) in [5, 5.41) is 0. The summed E-state index contributed by atoms with van der Waals surface area (Å²) in [5.41, 5.74) is 2.83. The molecule has 1 amide bonds. The van der Waals surface area contributed by atoms with E-state index in [1.54, 1.807) is 12.0 Å². The number of para-hydroxylation sites is 1. The highest BCUT2D eigenvalue weighted by molar-refractivity contribution is 7.91. The highest BCUT2D eigenvalue weighted by Gasteiger charge is 2.34. The molecule has 0 spiro atoms. The minimum Gasteiger partial charge on any atom is -0.497 e. The van der Waals surface area contributed by atoms with Crippen LogP contribution in [0.3, 0.4) is 0 Å². The Kier molecular flexibility index (Phi) is 6.47. The van der Waals surface area contributed by atoms with Crippen molar-refractivity contribution in [1.29, 1.82) is 0 Å². The molecule has 1 aliphatic rings. The third-order valence-corrected chi connectivity index (χ3v) is 6.98. The highest BCUT2D eigenvalue weighted by Crippen LogP contribution is 2.24. The fourth-order valence-electron chi connectivity index (χ4n) is 3.61. The molecule has 1 saturated heterocycles. The van der Waals surface area contributed by atoms with Crippen molar-refractivity contribution < 1.29 is 22.7 Å². The number of nitrogens with zero attached hydrogens (tertiary/aromatic N) is 1. The monoisotopic (exact) mass is 417 g/mol. The Balaban J connectivity index is 1.77. The predicted molar refractivity (Wildman–Crippen MR) is 112 cm³/mol. The van der Waals surface area contributed by atoms with Crippen LogP contribution in [0.2, 0.25) is 0 Å². The van der Waals surface area contributed by atoms with Gasteiger partial charge in [-0.25, -0.2) is 8.42 Å². The maximum absolute atomic E-state index is 13.0. The van der Waals surface area contributed by atoms with Crippen LogP contribution in [0.5, 0.6) is 11.5 Å². The van der Waals surface area contributed by atoms with Gasteiger partial charge < -0.3 is 14.4 Å². The molecule has 29 heavy (non-hydrogen) atoms.